The Hall–Kier alpha value is -2.34. The van der Waals surface area contributed by atoms with Crippen LogP contribution in [-0.4, -0.2) is 18.4 Å². The molecule has 0 saturated carbocycles. The van der Waals surface area contributed by atoms with Gasteiger partial charge in [0, 0.05) is 15.7 Å². The van der Waals surface area contributed by atoms with Crippen molar-refractivity contribution in [2.75, 3.05) is 11.9 Å². The van der Waals surface area contributed by atoms with Crippen LogP contribution >= 0.6 is 15.9 Å². The summed E-state index contributed by atoms with van der Waals surface area (Å²) in [4.78, 5) is 23.1. The third kappa shape index (κ3) is 5.06. The first-order valence-corrected chi connectivity index (χ1v) is 8.69. The maximum absolute atomic E-state index is 12.1. The zero-order valence-electron chi connectivity index (χ0n) is 14.4. The lowest BCUT2D eigenvalue weighted by Crippen LogP contribution is -2.21. The normalized spacial score (nSPS) is 10.6. The van der Waals surface area contributed by atoms with Crippen LogP contribution in [0.3, 0.4) is 0 Å². The van der Waals surface area contributed by atoms with E-state index in [-0.39, 0.29) is 18.4 Å². The highest BCUT2D eigenvalue weighted by atomic mass is 79.9. The van der Waals surface area contributed by atoms with E-state index in [1.807, 2.05) is 19.1 Å². The van der Waals surface area contributed by atoms with Gasteiger partial charge in [-0.1, -0.05) is 29.8 Å². The Kier molecular flexibility index (Phi) is 6.20. The molecular weight excluding hydrogens is 384 g/mol. The summed E-state index contributed by atoms with van der Waals surface area (Å²) >= 11 is 3.52. The van der Waals surface area contributed by atoms with Crippen molar-refractivity contribution in [1.82, 2.24) is 0 Å². The largest absolute Gasteiger partial charge is 0.483 e. The number of nitrogens with two attached hydrogens (primary N) is 1. The summed E-state index contributed by atoms with van der Waals surface area (Å²) in [6.45, 7) is 6.02. The SMILES string of the molecule is Cc1cc(OCC(=O)Nc2ccc(C(N)=O)cc2)c(C(C)C)cc1Br. The minimum Gasteiger partial charge on any atom is -0.483 e. The van der Waals surface area contributed by atoms with Crippen molar-refractivity contribution < 1.29 is 14.3 Å². The molecule has 0 heterocycles. The van der Waals surface area contributed by atoms with Gasteiger partial charge in [-0.15, -0.1) is 0 Å². The van der Waals surface area contributed by atoms with Gasteiger partial charge in [-0.2, -0.15) is 0 Å². The Balaban J connectivity index is 2.02. The Morgan fingerprint density at radius 3 is 2.40 bits per heavy atom. The number of hydrogen-bond donors (Lipinski definition) is 2. The van der Waals surface area contributed by atoms with Gasteiger partial charge in [0.2, 0.25) is 5.91 Å². The van der Waals surface area contributed by atoms with E-state index in [0.717, 1.165) is 15.6 Å². The number of ether oxygens (including phenoxy) is 1. The fourth-order valence-corrected chi connectivity index (χ4v) is 2.67. The van der Waals surface area contributed by atoms with Gasteiger partial charge in [-0.3, -0.25) is 9.59 Å². The highest BCUT2D eigenvalue weighted by molar-refractivity contribution is 9.10. The molecule has 0 unspecified atom stereocenters. The van der Waals surface area contributed by atoms with Crippen LogP contribution in [0.25, 0.3) is 0 Å². The van der Waals surface area contributed by atoms with E-state index < -0.39 is 5.91 Å². The maximum Gasteiger partial charge on any atom is 0.262 e. The molecule has 0 atom stereocenters. The average molecular weight is 405 g/mol. The van der Waals surface area contributed by atoms with Crippen LogP contribution in [0.15, 0.2) is 40.9 Å². The molecule has 3 N–H and O–H groups in total. The number of nitrogens with one attached hydrogen (secondary N) is 1. The van der Waals surface area contributed by atoms with Gasteiger partial charge in [-0.25, -0.2) is 0 Å². The first-order valence-electron chi connectivity index (χ1n) is 7.90. The molecule has 25 heavy (non-hydrogen) atoms. The third-order valence-corrected chi connectivity index (χ3v) is 4.58. The molecule has 0 aliphatic heterocycles. The molecule has 2 aromatic rings. The van der Waals surface area contributed by atoms with Crippen molar-refractivity contribution in [3.8, 4) is 5.75 Å². The minimum absolute atomic E-state index is 0.0988. The van der Waals surface area contributed by atoms with Gasteiger partial charge >= 0.3 is 0 Å². The molecule has 0 aliphatic carbocycles. The Labute approximate surface area is 155 Å². The summed E-state index contributed by atoms with van der Waals surface area (Å²) < 4.78 is 6.74. The lowest BCUT2D eigenvalue weighted by atomic mass is 10.0. The van der Waals surface area contributed by atoms with Gasteiger partial charge in [-0.05, 0) is 60.4 Å². The van der Waals surface area contributed by atoms with Crippen molar-refractivity contribution in [3.05, 3.63) is 57.6 Å². The molecule has 5 nitrogen and oxygen atoms in total. The van der Waals surface area contributed by atoms with Gasteiger partial charge in [0.1, 0.15) is 5.75 Å². The number of anilines is 1. The molecule has 0 aliphatic rings. The Morgan fingerprint density at radius 1 is 1.20 bits per heavy atom. The standard InChI is InChI=1S/C19H21BrN2O3/c1-11(2)15-9-16(20)12(3)8-17(15)25-10-18(23)22-14-6-4-13(5-7-14)19(21)24/h4-9,11H,10H2,1-3H3,(H2,21,24)(H,22,23). The van der Waals surface area contributed by atoms with Crippen LogP contribution in [0.5, 0.6) is 5.75 Å². The number of primary amides is 1. The third-order valence-electron chi connectivity index (χ3n) is 3.73. The van der Waals surface area contributed by atoms with E-state index >= 15 is 0 Å². The summed E-state index contributed by atoms with van der Waals surface area (Å²) in [6, 6.07) is 10.3. The molecule has 2 amide bonds. The quantitative estimate of drug-likeness (QED) is 0.763. The molecule has 0 saturated heterocycles. The van der Waals surface area contributed by atoms with Crippen molar-refractivity contribution in [3.63, 3.8) is 0 Å². The second-order valence-electron chi connectivity index (χ2n) is 6.07. The van der Waals surface area contributed by atoms with Crippen LogP contribution in [-0.2, 0) is 4.79 Å². The number of carbonyl (C=O) groups excluding carboxylic acids is 2. The Morgan fingerprint density at radius 2 is 1.84 bits per heavy atom. The second-order valence-corrected chi connectivity index (χ2v) is 6.93. The van der Waals surface area contributed by atoms with Crippen molar-refractivity contribution in [2.24, 2.45) is 5.73 Å². The van der Waals surface area contributed by atoms with Crippen LogP contribution in [0.2, 0.25) is 0 Å². The predicted molar refractivity (Wildman–Crippen MR) is 102 cm³/mol. The zero-order chi connectivity index (χ0) is 18.6. The maximum atomic E-state index is 12.1. The number of aryl methyl sites for hydroxylation is 1. The van der Waals surface area contributed by atoms with Gasteiger partial charge in [0.25, 0.3) is 5.91 Å². The number of hydrogen-bond acceptors (Lipinski definition) is 3. The highest BCUT2D eigenvalue weighted by Crippen LogP contribution is 2.32. The van der Waals surface area contributed by atoms with Gasteiger partial charge < -0.3 is 15.8 Å². The summed E-state index contributed by atoms with van der Waals surface area (Å²) in [7, 11) is 0. The van der Waals surface area contributed by atoms with E-state index in [0.29, 0.717) is 17.0 Å². The molecule has 132 valence electrons. The number of rotatable bonds is 6. The van der Waals surface area contributed by atoms with E-state index in [4.69, 9.17) is 10.5 Å². The number of amides is 2. The van der Waals surface area contributed by atoms with Crippen molar-refractivity contribution >= 4 is 33.4 Å². The number of halogens is 1. The van der Waals surface area contributed by atoms with Crippen molar-refractivity contribution in [2.45, 2.75) is 26.7 Å². The predicted octanol–water partition coefficient (Wildman–Crippen LogP) is 4.00. The van der Waals surface area contributed by atoms with Gasteiger partial charge in [0.05, 0.1) is 0 Å². The van der Waals surface area contributed by atoms with Crippen molar-refractivity contribution in [1.29, 1.82) is 0 Å². The molecular formula is C19H21BrN2O3. The molecule has 0 bridgehead atoms. The minimum atomic E-state index is -0.506. The summed E-state index contributed by atoms with van der Waals surface area (Å²) in [5.41, 5.74) is 8.24. The molecule has 0 aromatic heterocycles. The fraction of sp³-hybridized carbons (Fsp3) is 0.263. The molecule has 6 heteroatoms. The zero-order valence-corrected chi connectivity index (χ0v) is 16.0. The highest BCUT2D eigenvalue weighted by Gasteiger charge is 2.13. The first kappa shape index (κ1) is 19.0. The second kappa shape index (κ2) is 8.16. The van der Waals surface area contributed by atoms with Crippen LogP contribution in [0.1, 0.15) is 41.3 Å². The lowest BCUT2D eigenvalue weighted by Gasteiger charge is -2.16. The number of benzene rings is 2. The van der Waals surface area contributed by atoms with E-state index in [1.165, 1.54) is 0 Å². The average Bonchev–Trinajstić information content (AvgIpc) is 2.55. The number of carbonyl (C=O) groups is 2. The first-order chi connectivity index (χ1) is 11.8. The fourth-order valence-electron chi connectivity index (χ4n) is 2.30. The van der Waals surface area contributed by atoms with Crippen LogP contribution in [0, 0.1) is 6.92 Å². The molecule has 2 rings (SSSR count). The summed E-state index contributed by atoms with van der Waals surface area (Å²) in [5, 5.41) is 2.73. The Bertz CT molecular complexity index is 786. The molecule has 0 radical (unpaired) electrons. The van der Waals surface area contributed by atoms with E-state index in [1.54, 1.807) is 24.3 Å². The lowest BCUT2D eigenvalue weighted by molar-refractivity contribution is -0.118. The summed E-state index contributed by atoms with van der Waals surface area (Å²) in [6.07, 6.45) is 0. The van der Waals surface area contributed by atoms with E-state index in [9.17, 15) is 9.59 Å². The summed E-state index contributed by atoms with van der Waals surface area (Å²) in [5.74, 6) is 0.196. The monoisotopic (exact) mass is 404 g/mol. The topological polar surface area (TPSA) is 81.4 Å². The van der Waals surface area contributed by atoms with Crippen LogP contribution in [0.4, 0.5) is 5.69 Å². The molecule has 0 fully saturated rings. The van der Waals surface area contributed by atoms with Crippen LogP contribution < -0.4 is 15.8 Å². The smallest absolute Gasteiger partial charge is 0.262 e. The van der Waals surface area contributed by atoms with Gasteiger partial charge in [0.15, 0.2) is 6.61 Å². The molecule has 2 aromatic carbocycles. The van der Waals surface area contributed by atoms with E-state index in [2.05, 4.69) is 35.1 Å². The molecule has 0 spiro atoms.